The molecule has 2 heterocycles. The van der Waals surface area contributed by atoms with Crippen molar-refractivity contribution in [2.45, 2.75) is 39.5 Å². The number of nitrogens with one attached hydrogen (secondary N) is 1. The zero-order chi connectivity index (χ0) is 17.8. The molecule has 25 heavy (non-hydrogen) atoms. The highest BCUT2D eigenvalue weighted by Crippen LogP contribution is 2.20. The highest BCUT2D eigenvalue weighted by atomic mass is 16.2. The molecule has 1 aromatic heterocycles. The van der Waals surface area contributed by atoms with Crippen LogP contribution >= 0.6 is 0 Å². The minimum absolute atomic E-state index is 0.0275. The van der Waals surface area contributed by atoms with Crippen molar-refractivity contribution in [2.24, 2.45) is 5.92 Å². The molecule has 1 aliphatic heterocycles. The van der Waals surface area contributed by atoms with Crippen molar-refractivity contribution in [2.75, 3.05) is 18.4 Å². The zero-order valence-electron chi connectivity index (χ0n) is 15.2. The number of rotatable bonds is 4. The lowest BCUT2D eigenvalue weighted by Gasteiger charge is -2.30. The van der Waals surface area contributed by atoms with Gasteiger partial charge >= 0.3 is 0 Å². The van der Waals surface area contributed by atoms with Crippen LogP contribution in [0.2, 0.25) is 0 Å². The van der Waals surface area contributed by atoms with Crippen molar-refractivity contribution in [3.8, 4) is 0 Å². The molecule has 132 valence electrons. The second kappa shape index (κ2) is 7.64. The second-order valence-electron chi connectivity index (χ2n) is 7.17. The highest BCUT2D eigenvalue weighted by Gasteiger charge is 2.21. The number of hydrogen-bond acceptors (Lipinski definition) is 4. The van der Waals surface area contributed by atoms with E-state index < -0.39 is 0 Å². The van der Waals surface area contributed by atoms with Gasteiger partial charge < -0.3 is 10.2 Å². The predicted octanol–water partition coefficient (Wildman–Crippen LogP) is 4.22. The normalized spacial score (nSPS) is 15.4. The number of carbonyl (C=O) groups is 1. The molecule has 0 atom stereocenters. The van der Waals surface area contributed by atoms with Crippen molar-refractivity contribution in [3.05, 3.63) is 47.8 Å². The van der Waals surface area contributed by atoms with E-state index in [-0.39, 0.29) is 5.91 Å². The fraction of sp³-hybridized carbons (Fsp3) is 0.450. The SMILES string of the molecule is CC1CCN(C(=O)c2cnc(Nc3ccc(C(C)C)cc3)nc2)CC1. The Kier molecular flexibility index (Phi) is 5.31. The molecule has 0 aliphatic carbocycles. The molecule has 5 heteroatoms. The van der Waals surface area contributed by atoms with Gasteiger partial charge in [-0.25, -0.2) is 9.97 Å². The van der Waals surface area contributed by atoms with E-state index in [0.717, 1.165) is 31.6 Å². The number of nitrogens with zero attached hydrogens (tertiary/aromatic N) is 3. The summed E-state index contributed by atoms with van der Waals surface area (Å²) in [6, 6.07) is 8.24. The lowest BCUT2D eigenvalue weighted by atomic mass is 9.99. The van der Waals surface area contributed by atoms with Crippen LogP contribution in [0.5, 0.6) is 0 Å². The van der Waals surface area contributed by atoms with E-state index >= 15 is 0 Å². The van der Waals surface area contributed by atoms with Gasteiger partial charge in [-0.15, -0.1) is 0 Å². The molecular formula is C20H26N4O. The molecule has 0 unspecified atom stereocenters. The van der Waals surface area contributed by atoms with Gasteiger partial charge in [-0.05, 0) is 42.4 Å². The molecule has 0 saturated carbocycles. The first-order valence-electron chi connectivity index (χ1n) is 9.01. The number of hydrogen-bond donors (Lipinski definition) is 1. The first kappa shape index (κ1) is 17.4. The van der Waals surface area contributed by atoms with Gasteiger partial charge in [-0.1, -0.05) is 32.9 Å². The van der Waals surface area contributed by atoms with Gasteiger partial charge in [-0.2, -0.15) is 0 Å². The molecule has 1 aliphatic rings. The summed E-state index contributed by atoms with van der Waals surface area (Å²) in [6.07, 6.45) is 5.35. The molecule has 1 aromatic carbocycles. The molecule has 2 aromatic rings. The first-order chi connectivity index (χ1) is 12.0. The monoisotopic (exact) mass is 338 g/mol. The average molecular weight is 338 g/mol. The fourth-order valence-corrected chi connectivity index (χ4v) is 2.98. The van der Waals surface area contributed by atoms with E-state index in [4.69, 9.17) is 0 Å². The second-order valence-corrected chi connectivity index (χ2v) is 7.17. The number of benzene rings is 1. The summed E-state index contributed by atoms with van der Waals surface area (Å²) >= 11 is 0. The maximum atomic E-state index is 12.5. The van der Waals surface area contributed by atoms with Crippen LogP contribution in [-0.4, -0.2) is 33.9 Å². The Morgan fingerprint density at radius 3 is 2.28 bits per heavy atom. The van der Waals surface area contributed by atoms with Crippen LogP contribution in [0.1, 0.15) is 55.5 Å². The number of carbonyl (C=O) groups excluding carboxylic acids is 1. The number of anilines is 2. The molecule has 1 fully saturated rings. The summed E-state index contributed by atoms with van der Waals surface area (Å²) in [5, 5.41) is 3.17. The molecule has 3 rings (SSSR count). The molecule has 0 spiro atoms. The van der Waals surface area contributed by atoms with Gasteiger partial charge in [0.05, 0.1) is 5.56 Å². The summed E-state index contributed by atoms with van der Waals surface area (Å²) in [6.45, 7) is 8.22. The summed E-state index contributed by atoms with van der Waals surface area (Å²) in [4.78, 5) is 23.0. The Hall–Kier alpha value is -2.43. The first-order valence-corrected chi connectivity index (χ1v) is 9.01. The quantitative estimate of drug-likeness (QED) is 0.907. The topological polar surface area (TPSA) is 58.1 Å². The van der Waals surface area contributed by atoms with E-state index in [1.165, 1.54) is 5.56 Å². The summed E-state index contributed by atoms with van der Waals surface area (Å²) in [5.74, 6) is 1.74. The molecule has 0 radical (unpaired) electrons. The van der Waals surface area contributed by atoms with Gasteiger partial charge in [-0.3, -0.25) is 4.79 Å². The summed E-state index contributed by atoms with van der Waals surface area (Å²) < 4.78 is 0. The van der Waals surface area contributed by atoms with Gasteiger partial charge in [0.1, 0.15) is 0 Å². The highest BCUT2D eigenvalue weighted by molar-refractivity contribution is 5.93. The summed E-state index contributed by atoms with van der Waals surface area (Å²) in [7, 11) is 0. The Labute approximate surface area is 149 Å². The average Bonchev–Trinajstić information content (AvgIpc) is 2.63. The van der Waals surface area contributed by atoms with Crippen LogP contribution in [0, 0.1) is 5.92 Å². The third-order valence-corrected chi connectivity index (χ3v) is 4.80. The van der Waals surface area contributed by atoms with Crippen molar-refractivity contribution in [3.63, 3.8) is 0 Å². The minimum Gasteiger partial charge on any atom is -0.339 e. The zero-order valence-corrected chi connectivity index (χ0v) is 15.2. The van der Waals surface area contributed by atoms with Gasteiger partial charge in [0.15, 0.2) is 0 Å². The van der Waals surface area contributed by atoms with Crippen molar-refractivity contribution >= 4 is 17.5 Å². The minimum atomic E-state index is 0.0275. The lowest BCUT2D eigenvalue weighted by Crippen LogP contribution is -2.38. The van der Waals surface area contributed by atoms with Crippen molar-refractivity contribution < 1.29 is 4.79 Å². The van der Waals surface area contributed by atoms with E-state index in [1.807, 2.05) is 17.0 Å². The smallest absolute Gasteiger partial charge is 0.256 e. The number of aromatic nitrogens is 2. The Morgan fingerprint density at radius 2 is 1.72 bits per heavy atom. The maximum absolute atomic E-state index is 12.5. The Morgan fingerprint density at radius 1 is 1.12 bits per heavy atom. The van der Waals surface area contributed by atoms with E-state index in [9.17, 15) is 4.79 Å². The lowest BCUT2D eigenvalue weighted by molar-refractivity contribution is 0.0696. The Balaban J connectivity index is 1.62. The fourth-order valence-electron chi connectivity index (χ4n) is 2.98. The Bertz CT molecular complexity index is 701. The standard InChI is InChI=1S/C20H26N4O/c1-14(2)16-4-6-18(7-5-16)23-20-21-12-17(13-22-20)19(25)24-10-8-15(3)9-11-24/h4-7,12-15H,8-11H2,1-3H3,(H,21,22,23). The molecule has 0 bridgehead atoms. The van der Waals surface area contributed by atoms with Crippen molar-refractivity contribution in [1.29, 1.82) is 0 Å². The van der Waals surface area contributed by atoms with Crippen LogP contribution in [0.3, 0.4) is 0 Å². The number of amides is 1. The molecule has 5 nitrogen and oxygen atoms in total. The largest absolute Gasteiger partial charge is 0.339 e. The van der Waals surface area contributed by atoms with Crippen LogP contribution in [0.15, 0.2) is 36.7 Å². The van der Waals surface area contributed by atoms with Crippen LogP contribution in [0.25, 0.3) is 0 Å². The maximum Gasteiger partial charge on any atom is 0.256 e. The van der Waals surface area contributed by atoms with Gasteiger partial charge in [0.2, 0.25) is 5.95 Å². The van der Waals surface area contributed by atoms with Gasteiger partial charge in [0, 0.05) is 31.2 Å². The van der Waals surface area contributed by atoms with E-state index in [0.29, 0.717) is 23.3 Å². The molecule has 1 N–H and O–H groups in total. The molecule has 1 amide bonds. The third kappa shape index (κ3) is 4.35. The third-order valence-electron chi connectivity index (χ3n) is 4.80. The number of likely N-dealkylation sites (tertiary alicyclic amines) is 1. The van der Waals surface area contributed by atoms with Crippen molar-refractivity contribution in [1.82, 2.24) is 14.9 Å². The summed E-state index contributed by atoms with van der Waals surface area (Å²) in [5.41, 5.74) is 2.78. The molecular weight excluding hydrogens is 312 g/mol. The molecule has 1 saturated heterocycles. The number of piperidine rings is 1. The van der Waals surface area contributed by atoms with Gasteiger partial charge in [0.25, 0.3) is 5.91 Å². The predicted molar refractivity (Wildman–Crippen MR) is 100 cm³/mol. The van der Waals surface area contributed by atoms with Crippen LogP contribution < -0.4 is 5.32 Å². The van der Waals surface area contributed by atoms with Crippen LogP contribution in [-0.2, 0) is 0 Å². The van der Waals surface area contributed by atoms with Crippen LogP contribution in [0.4, 0.5) is 11.6 Å². The van der Waals surface area contributed by atoms with E-state index in [1.54, 1.807) is 12.4 Å². The van der Waals surface area contributed by atoms with E-state index in [2.05, 4.69) is 48.2 Å².